The Morgan fingerprint density at radius 3 is 2.60 bits per heavy atom. The summed E-state index contributed by atoms with van der Waals surface area (Å²) in [5, 5.41) is 20.4. The molecule has 7 nitrogen and oxygen atoms in total. The molecule has 2 heterocycles. The molecule has 8 heteroatoms. The summed E-state index contributed by atoms with van der Waals surface area (Å²) in [5.74, 6) is -1.53. The molecule has 0 aliphatic rings. The quantitative estimate of drug-likeness (QED) is 0.276. The van der Waals surface area contributed by atoms with Crippen molar-refractivity contribution in [2.24, 2.45) is 0 Å². The van der Waals surface area contributed by atoms with Crippen LogP contribution in [0.4, 0.5) is 10.1 Å². The minimum atomic E-state index is -0.547. The maximum Gasteiger partial charge on any atom is 0.273 e. The van der Waals surface area contributed by atoms with Crippen molar-refractivity contribution in [3.8, 4) is 17.0 Å². The van der Waals surface area contributed by atoms with Gasteiger partial charge < -0.3 is 14.8 Å². The lowest BCUT2D eigenvalue weighted by Crippen LogP contribution is -2.14. The number of para-hydroxylation sites is 1. The van der Waals surface area contributed by atoms with Crippen LogP contribution in [0.3, 0.4) is 0 Å². The smallest absolute Gasteiger partial charge is 0.273 e. The van der Waals surface area contributed by atoms with Gasteiger partial charge in [-0.2, -0.15) is 5.10 Å². The normalized spacial score (nSPS) is 11.0. The molecule has 3 N–H and O–H groups in total. The zero-order chi connectivity index (χ0) is 24.5. The maximum atomic E-state index is 13.3. The number of benzene rings is 3. The first-order valence-corrected chi connectivity index (χ1v) is 11.0. The molecule has 35 heavy (non-hydrogen) atoms. The van der Waals surface area contributed by atoms with Gasteiger partial charge in [0.15, 0.2) is 5.76 Å². The molecule has 0 bridgehead atoms. The lowest BCUT2D eigenvalue weighted by Gasteiger charge is -2.05. The molecule has 0 aliphatic carbocycles. The second-order valence-electron chi connectivity index (χ2n) is 7.96. The third-order valence-corrected chi connectivity index (χ3v) is 5.71. The molecular formula is C27H20FN3O4. The number of ketones is 1. The average Bonchev–Trinajstić information content (AvgIpc) is 3.50. The van der Waals surface area contributed by atoms with Crippen molar-refractivity contribution < 1.29 is 23.5 Å². The van der Waals surface area contributed by atoms with Crippen LogP contribution in [0, 0.1) is 5.82 Å². The van der Waals surface area contributed by atoms with E-state index in [0.29, 0.717) is 22.2 Å². The number of aromatic hydroxyl groups is 1. The van der Waals surface area contributed by atoms with Gasteiger partial charge in [-0.15, -0.1) is 0 Å². The Morgan fingerprint density at radius 1 is 1.06 bits per heavy atom. The van der Waals surface area contributed by atoms with Crippen molar-refractivity contribution in [3.63, 3.8) is 0 Å². The Labute approximate surface area is 199 Å². The predicted molar refractivity (Wildman–Crippen MR) is 129 cm³/mol. The van der Waals surface area contributed by atoms with E-state index in [-0.39, 0.29) is 28.5 Å². The van der Waals surface area contributed by atoms with E-state index in [0.717, 1.165) is 12.0 Å². The van der Waals surface area contributed by atoms with E-state index in [9.17, 15) is 19.1 Å². The molecule has 0 unspecified atom stereocenters. The molecule has 0 radical (unpaired) electrons. The fraction of sp³-hybridized carbons (Fsp3) is 0.0741. The van der Waals surface area contributed by atoms with Crippen molar-refractivity contribution in [1.82, 2.24) is 10.2 Å². The lowest BCUT2D eigenvalue weighted by atomic mass is 10.0. The van der Waals surface area contributed by atoms with Gasteiger partial charge in [0.05, 0.1) is 11.4 Å². The number of amides is 1. The number of phenols is 1. The van der Waals surface area contributed by atoms with Gasteiger partial charge in [0, 0.05) is 16.5 Å². The molecule has 0 fully saturated rings. The molecule has 0 saturated heterocycles. The predicted octanol–water partition coefficient (Wildman–Crippen LogP) is 5.71. The number of furan rings is 1. The molecule has 1 amide bonds. The van der Waals surface area contributed by atoms with Gasteiger partial charge >= 0.3 is 0 Å². The zero-order valence-electron chi connectivity index (χ0n) is 18.6. The molecular weight excluding hydrogens is 449 g/mol. The van der Waals surface area contributed by atoms with Gasteiger partial charge in [-0.3, -0.25) is 14.7 Å². The molecule has 5 aromatic rings. The number of phenolic OH excluding ortho intramolecular Hbond substituents is 1. The fourth-order valence-corrected chi connectivity index (χ4v) is 3.83. The van der Waals surface area contributed by atoms with E-state index < -0.39 is 17.5 Å². The van der Waals surface area contributed by atoms with Gasteiger partial charge in [0.1, 0.15) is 22.8 Å². The van der Waals surface area contributed by atoms with E-state index in [1.807, 2.05) is 19.1 Å². The van der Waals surface area contributed by atoms with Crippen LogP contribution in [0.1, 0.15) is 39.1 Å². The number of hydrogen-bond donors (Lipinski definition) is 3. The van der Waals surface area contributed by atoms with Crippen LogP contribution >= 0.6 is 0 Å². The van der Waals surface area contributed by atoms with Crippen LogP contribution < -0.4 is 5.32 Å². The SMILES string of the molecule is CCc1ccc(O)c(-c2cc(C(=O)Nc3c(C(=O)c4ccc(F)cc4)oc4ccccc34)[nH]n2)c1. The topological polar surface area (TPSA) is 108 Å². The molecule has 0 atom stereocenters. The van der Waals surface area contributed by atoms with Gasteiger partial charge in [-0.25, -0.2) is 4.39 Å². The number of anilines is 1. The van der Waals surface area contributed by atoms with Crippen molar-refractivity contribution in [3.05, 3.63) is 101 Å². The minimum Gasteiger partial charge on any atom is -0.507 e. The van der Waals surface area contributed by atoms with Gasteiger partial charge in [0.2, 0.25) is 5.78 Å². The summed E-state index contributed by atoms with van der Waals surface area (Å²) in [7, 11) is 0. The number of fused-ring (bicyclic) bond motifs is 1. The Bertz CT molecular complexity index is 1570. The van der Waals surface area contributed by atoms with E-state index in [1.54, 1.807) is 30.3 Å². The van der Waals surface area contributed by atoms with Crippen LogP contribution in [0.2, 0.25) is 0 Å². The van der Waals surface area contributed by atoms with E-state index in [2.05, 4.69) is 15.5 Å². The number of carbonyl (C=O) groups is 2. The number of hydrogen-bond acceptors (Lipinski definition) is 5. The van der Waals surface area contributed by atoms with E-state index in [4.69, 9.17) is 4.42 Å². The Hall–Kier alpha value is -4.72. The molecule has 5 rings (SSSR count). The first kappa shape index (κ1) is 22.1. The molecule has 3 aromatic carbocycles. The second-order valence-corrected chi connectivity index (χ2v) is 7.96. The summed E-state index contributed by atoms with van der Waals surface area (Å²) in [6, 6.07) is 18.8. The van der Waals surface area contributed by atoms with Gasteiger partial charge in [-0.05, 0) is 66.6 Å². The number of nitrogens with zero attached hydrogens (tertiary/aromatic N) is 1. The summed E-state index contributed by atoms with van der Waals surface area (Å²) in [6.45, 7) is 2.00. The summed E-state index contributed by atoms with van der Waals surface area (Å²) < 4.78 is 19.1. The minimum absolute atomic E-state index is 0.0497. The highest BCUT2D eigenvalue weighted by Crippen LogP contribution is 2.33. The number of aryl methyl sites for hydroxylation is 1. The summed E-state index contributed by atoms with van der Waals surface area (Å²) in [4.78, 5) is 26.3. The van der Waals surface area contributed by atoms with Crippen molar-refractivity contribution in [1.29, 1.82) is 0 Å². The Kier molecular flexibility index (Phi) is 5.62. The second kappa shape index (κ2) is 8.90. The van der Waals surface area contributed by atoms with Crippen LogP contribution in [-0.4, -0.2) is 27.0 Å². The highest BCUT2D eigenvalue weighted by molar-refractivity contribution is 6.18. The Morgan fingerprint density at radius 2 is 1.83 bits per heavy atom. The highest BCUT2D eigenvalue weighted by atomic mass is 19.1. The number of H-pyrrole nitrogens is 1. The largest absolute Gasteiger partial charge is 0.507 e. The molecule has 0 saturated carbocycles. The lowest BCUT2D eigenvalue weighted by molar-refractivity contribution is 0.101. The first-order chi connectivity index (χ1) is 16.9. The van der Waals surface area contributed by atoms with E-state index in [1.165, 1.54) is 30.3 Å². The van der Waals surface area contributed by atoms with Crippen molar-refractivity contribution in [2.45, 2.75) is 13.3 Å². The van der Waals surface area contributed by atoms with Crippen LogP contribution in [-0.2, 0) is 6.42 Å². The monoisotopic (exact) mass is 469 g/mol. The molecule has 0 aliphatic heterocycles. The third-order valence-electron chi connectivity index (χ3n) is 5.71. The van der Waals surface area contributed by atoms with Crippen molar-refractivity contribution in [2.75, 3.05) is 5.32 Å². The van der Waals surface area contributed by atoms with Gasteiger partial charge in [-0.1, -0.05) is 25.1 Å². The molecule has 174 valence electrons. The summed E-state index contributed by atoms with van der Waals surface area (Å²) in [6.07, 6.45) is 0.781. The highest BCUT2D eigenvalue weighted by Gasteiger charge is 2.24. The number of aromatic amines is 1. The standard InChI is InChI=1S/C27H20FN3O4/c1-2-15-7-12-22(32)19(13-15)20-14-21(31-30-20)27(34)29-24-18-5-3-4-6-23(18)35-26(24)25(33)16-8-10-17(28)11-9-16/h3-14,32H,2H2,1H3,(H,29,34)(H,30,31). The van der Waals surface area contributed by atoms with Gasteiger partial charge in [0.25, 0.3) is 5.91 Å². The Balaban J connectivity index is 1.49. The third kappa shape index (κ3) is 4.17. The summed E-state index contributed by atoms with van der Waals surface area (Å²) >= 11 is 0. The number of halogens is 1. The first-order valence-electron chi connectivity index (χ1n) is 11.0. The number of aromatic nitrogens is 2. The number of carbonyl (C=O) groups excluding carboxylic acids is 2. The zero-order valence-corrected chi connectivity index (χ0v) is 18.6. The maximum absolute atomic E-state index is 13.3. The average molecular weight is 469 g/mol. The van der Waals surface area contributed by atoms with Crippen molar-refractivity contribution >= 4 is 28.3 Å². The van der Waals surface area contributed by atoms with E-state index >= 15 is 0 Å². The molecule has 0 spiro atoms. The fourth-order valence-electron chi connectivity index (χ4n) is 3.83. The summed E-state index contributed by atoms with van der Waals surface area (Å²) in [5.41, 5.74) is 2.89. The number of nitrogens with one attached hydrogen (secondary N) is 2. The van der Waals surface area contributed by atoms with Crippen LogP contribution in [0.15, 0.2) is 77.2 Å². The number of rotatable bonds is 6. The molecule has 2 aromatic heterocycles. The van der Waals surface area contributed by atoms with Crippen LogP contribution in [0.5, 0.6) is 5.75 Å². The van der Waals surface area contributed by atoms with Crippen LogP contribution in [0.25, 0.3) is 22.2 Å².